The molecule has 1 atom stereocenters. The third-order valence-electron chi connectivity index (χ3n) is 4.50. The first-order valence-electron chi connectivity index (χ1n) is 7.35. The normalized spacial score (nSPS) is 22.6. The standard InChI is InChI=1S/C15H21ClN4O/c1-9(2)19-5-6-20-12(8-19)15(21)18(4)11-7-10(3)13(16)17-14(11)20/h7,9,12H,5-6,8H2,1-4H3/t12-/m0/s1. The molecule has 1 amide bonds. The van der Waals surface area contributed by atoms with Crippen molar-refractivity contribution in [2.24, 2.45) is 0 Å². The minimum absolute atomic E-state index is 0.136. The monoisotopic (exact) mass is 308 g/mol. The van der Waals surface area contributed by atoms with Gasteiger partial charge in [0, 0.05) is 32.7 Å². The maximum Gasteiger partial charge on any atom is 0.250 e. The van der Waals surface area contributed by atoms with Crippen molar-refractivity contribution in [1.82, 2.24) is 9.88 Å². The molecule has 21 heavy (non-hydrogen) atoms. The van der Waals surface area contributed by atoms with E-state index in [2.05, 4.69) is 28.6 Å². The number of aromatic nitrogens is 1. The van der Waals surface area contributed by atoms with E-state index >= 15 is 0 Å². The molecule has 0 aliphatic carbocycles. The van der Waals surface area contributed by atoms with Crippen LogP contribution in [0.5, 0.6) is 0 Å². The second kappa shape index (κ2) is 5.14. The van der Waals surface area contributed by atoms with Gasteiger partial charge < -0.3 is 9.80 Å². The Labute approximate surface area is 130 Å². The van der Waals surface area contributed by atoms with Crippen LogP contribution in [0.1, 0.15) is 19.4 Å². The number of aryl methyl sites for hydroxylation is 1. The van der Waals surface area contributed by atoms with Crippen molar-refractivity contribution < 1.29 is 4.79 Å². The second-order valence-corrected chi connectivity index (χ2v) is 6.49. The molecule has 114 valence electrons. The van der Waals surface area contributed by atoms with Crippen molar-refractivity contribution >= 4 is 29.0 Å². The first kappa shape index (κ1) is 14.6. The first-order chi connectivity index (χ1) is 9.90. The van der Waals surface area contributed by atoms with E-state index in [9.17, 15) is 4.79 Å². The average Bonchev–Trinajstić information content (AvgIpc) is 2.46. The van der Waals surface area contributed by atoms with Crippen molar-refractivity contribution in [2.45, 2.75) is 32.9 Å². The van der Waals surface area contributed by atoms with Gasteiger partial charge in [-0.2, -0.15) is 0 Å². The highest BCUT2D eigenvalue weighted by molar-refractivity contribution is 6.30. The third kappa shape index (κ3) is 2.28. The van der Waals surface area contributed by atoms with Gasteiger partial charge in [0.1, 0.15) is 11.2 Å². The van der Waals surface area contributed by atoms with Crippen molar-refractivity contribution in [3.8, 4) is 0 Å². The highest BCUT2D eigenvalue weighted by Crippen LogP contribution is 2.37. The van der Waals surface area contributed by atoms with Gasteiger partial charge in [-0.1, -0.05) is 11.6 Å². The molecule has 0 saturated carbocycles. The lowest BCUT2D eigenvalue weighted by molar-refractivity contribution is -0.121. The van der Waals surface area contributed by atoms with E-state index in [0.717, 1.165) is 36.7 Å². The number of pyridine rings is 1. The lowest BCUT2D eigenvalue weighted by Gasteiger charge is -2.47. The highest BCUT2D eigenvalue weighted by Gasteiger charge is 2.41. The van der Waals surface area contributed by atoms with Gasteiger partial charge in [-0.05, 0) is 32.4 Å². The number of anilines is 2. The summed E-state index contributed by atoms with van der Waals surface area (Å²) in [5, 5.41) is 0.515. The van der Waals surface area contributed by atoms with E-state index in [1.807, 2.05) is 20.0 Å². The van der Waals surface area contributed by atoms with E-state index in [1.165, 1.54) is 0 Å². The Morgan fingerprint density at radius 3 is 2.76 bits per heavy atom. The maximum atomic E-state index is 12.7. The zero-order valence-electron chi connectivity index (χ0n) is 12.9. The van der Waals surface area contributed by atoms with E-state index in [0.29, 0.717) is 11.2 Å². The fourth-order valence-electron chi connectivity index (χ4n) is 3.11. The van der Waals surface area contributed by atoms with Gasteiger partial charge in [-0.3, -0.25) is 9.69 Å². The van der Waals surface area contributed by atoms with Crippen LogP contribution in [-0.2, 0) is 4.79 Å². The molecule has 3 heterocycles. The first-order valence-corrected chi connectivity index (χ1v) is 7.73. The number of fused-ring (bicyclic) bond motifs is 3. The van der Waals surface area contributed by atoms with Gasteiger partial charge >= 0.3 is 0 Å². The molecule has 5 nitrogen and oxygen atoms in total. The minimum atomic E-state index is -0.162. The van der Waals surface area contributed by atoms with Gasteiger partial charge in [0.25, 0.3) is 5.91 Å². The van der Waals surface area contributed by atoms with Gasteiger partial charge in [0.05, 0.1) is 5.69 Å². The van der Waals surface area contributed by atoms with E-state index < -0.39 is 0 Å². The quantitative estimate of drug-likeness (QED) is 0.743. The van der Waals surface area contributed by atoms with Crippen LogP contribution in [0.25, 0.3) is 0 Å². The van der Waals surface area contributed by atoms with Gasteiger partial charge in [0.15, 0.2) is 5.82 Å². The highest BCUT2D eigenvalue weighted by atomic mass is 35.5. The fourth-order valence-corrected chi connectivity index (χ4v) is 3.24. The zero-order valence-corrected chi connectivity index (χ0v) is 13.7. The molecule has 2 aliphatic rings. The van der Waals surface area contributed by atoms with E-state index in [1.54, 1.807) is 4.90 Å². The molecule has 0 radical (unpaired) electrons. The van der Waals surface area contributed by atoms with Crippen LogP contribution in [0.15, 0.2) is 6.07 Å². The van der Waals surface area contributed by atoms with Crippen LogP contribution in [0.3, 0.4) is 0 Å². The molecule has 0 unspecified atom stereocenters. The van der Waals surface area contributed by atoms with Gasteiger partial charge in [-0.15, -0.1) is 0 Å². The molecule has 3 rings (SSSR count). The van der Waals surface area contributed by atoms with Gasteiger partial charge in [-0.25, -0.2) is 4.98 Å². The molecule has 0 bridgehead atoms. The molecule has 0 spiro atoms. The van der Waals surface area contributed by atoms with Crippen LogP contribution in [0, 0.1) is 6.92 Å². The number of likely N-dealkylation sites (N-methyl/N-ethyl adjacent to an activating group) is 1. The van der Waals surface area contributed by atoms with Crippen LogP contribution in [0.4, 0.5) is 11.5 Å². The Bertz CT molecular complexity index is 589. The number of hydrogen-bond donors (Lipinski definition) is 0. The Morgan fingerprint density at radius 2 is 2.10 bits per heavy atom. The Hall–Kier alpha value is -1.33. The number of carbonyl (C=O) groups is 1. The molecule has 1 aromatic heterocycles. The molecule has 0 aromatic carbocycles. The molecule has 1 saturated heterocycles. The lowest BCUT2D eigenvalue weighted by Crippen LogP contribution is -2.63. The number of halogens is 1. The summed E-state index contributed by atoms with van der Waals surface area (Å²) in [6, 6.07) is 2.24. The van der Waals surface area contributed by atoms with Crippen molar-refractivity contribution in [1.29, 1.82) is 0 Å². The number of amides is 1. The summed E-state index contributed by atoms with van der Waals surface area (Å²) < 4.78 is 0. The predicted octanol–water partition coefficient (Wildman–Crippen LogP) is 1.92. The summed E-state index contributed by atoms with van der Waals surface area (Å²) in [6.45, 7) is 8.74. The van der Waals surface area contributed by atoms with E-state index in [4.69, 9.17) is 11.6 Å². The summed E-state index contributed by atoms with van der Waals surface area (Å²) in [4.78, 5) is 23.4. The largest absolute Gasteiger partial charge is 0.340 e. The molecule has 1 aromatic rings. The van der Waals surface area contributed by atoms with E-state index in [-0.39, 0.29) is 11.9 Å². The smallest absolute Gasteiger partial charge is 0.250 e. The van der Waals surface area contributed by atoms with Crippen LogP contribution in [0.2, 0.25) is 5.15 Å². The van der Waals surface area contributed by atoms with Crippen LogP contribution in [-0.4, -0.2) is 54.6 Å². The second-order valence-electron chi connectivity index (χ2n) is 6.13. The molecule has 0 N–H and O–H groups in total. The molecule has 6 heteroatoms. The van der Waals surface area contributed by atoms with Crippen molar-refractivity contribution in [2.75, 3.05) is 36.5 Å². The fraction of sp³-hybridized carbons (Fsp3) is 0.600. The Balaban J connectivity index is 2.02. The Morgan fingerprint density at radius 1 is 1.38 bits per heavy atom. The topological polar surface area (TPSA) is 39.7 Å². The summed E-state index contributed by atoms with van der Waals surface area (Å²) in [7, 11) is 1.82. The summed E-state index contributed by atoms with van der Waals surface area (Å²) in [5.74, 6) is 0.970. The number of hydrogen-bond acceptors (Lipinski definition) is 4. The Kier molecular flexibility index (Phi) is 3.58. The molecular formula is C15H21ClN4O. The third-order valence-corrected chi connectivity index (χ3v) is 4.89. The molecular weight excluding hydrogens is 288 g/mol. The van der Waals surface area contributed by atoms with Crippen LogP contribution >= 0.6 is 11.6 Å². The van der Waals surface area contributed by atoms with Crippen molar-refractivity contribution in [3.05, 3.63) is 16.8 Å². The number of rotatable bonds is 1. The molecule has 2 aliphatic heterocycles. The van der Waals surface area contributed by atoms with Gasteiger partial charge in [0.2, 0.25) is 0 Å². The number of piperazine rings is 1. The minimum Gasteiger partial charge on any atom is -0.340 e. The SMILES string of the molecule is Cc1cc2c(nc1Cl)N1CCN(C(C)C)C[C@H]1C(=O)N2C. The number of nitrogens with zero attached hydrogens (tertiary/aromatic N) is 4. The summed E-state index contributed by atoms with van der Waals surface area (Å²) in [6.07, 6.45) is 0. The van der Waals surface area contributed by atoms with Crippen molar-refractivity contribution in [3.63, 3.8) is 0 Å². The zero-order chi connectivity index (χ0) is 15.3. The summed E-state index contributed by atoms with van der Waals surface area (Å²) >= 11 is 6.19. The average molecular weight is 309 g/mol. The molecule has 1 fully saturated rings. The number of carbonyl (C=O) groups excluding carboxylic acids is 1. The van der Waals surface area contributed by atoms with Crippen LogP contribution < -0.4 is 9.80 Å². The lowest BCUT2D eigenvalue weighted by atomic mass is 10.0. The maximum absolute atomic E-state index is 12.7. The predicted molar refractivity (Wildman–Crippen MR) is 85.2 cm³/mol. The summed E-state index contributed by atoms with van der Waals surface area (Å²) in [5.41, 5.74) is 1.76.